The Morgan fingerprint density at radius 1 is 1.16 bits per heavy atom. The van der Waals surface area contributed by atoms with E-state index < -0.39 is 10.0 Å². The number of hydrogen-bond donors (Lipinski definition) is 2. The largest absolute Gasteiger partial charge is 0.354 e. The van der Waals surface area contributed by atoms with Gasteiger partial charge in [0.25, 0.3) is 10.0 Å². The van der Waals surface area contributed by atoms with Gasteiger partial charge in [-0.2, -0.15) is 0 Å². The number of carbonyl (C=O) groups excluding carboxylic acids is 1. The Kier molecular flexibility index (Phi) is 8.73. The third-order valence-electron chi connectivity index (χ3n) is 6.00. The van der Waals surface area contributed by atoms with Crippen molar-refractivity contribution in [3.63, 3.8) is 0 Å². The number of carbonyl (C=O) groups is 1. The first kappa shape index (κ1) is 24.7. The monoisotopic (exact) mass is 522 g/mol. The van der Waals surface area contributed by atoms with Gasteiger partial charge in [-0.15, -0.1) is 0 Å². The van der Waals surface area contributed by atoms with Crippen LogP contribution in [0.3, 0.4) is 0 Å². The van der Waals surface area contributed by atoms with Gasteiger partial charge in [-0.1, -0.05) is 46.6 Å². The standard InChI is InChI=1S/C24H32BrN3O3S/c1-19-7-9-23(10-8-19)32(30,31)28(22-6-3-5-21(25)17-22)18-24(29)26-13-4-14-27-15-11-20(2)12-16-27/h3,5-10,17,20H,4,11-16,18H2,1-2H3,(H,26,29)/p+1. The van der Waals surface area contributed by atoms with Crippen molar-refractivity contribution in [2.24, 2.45) is 5.92 Å². The van der Waals surface area contributed by atoms with Crippen molar-refractivity contribution in [3.05, 3.63) is 58.6 Å². The van der Waals surface area contributed by atoms with Gasteiger partial charge in [-0.3, -0.25) is 9.10 Å². The maximum absolute atomic E-state index is 13.4. The van der Waals surface area contributed by atoms with E-state index in [9.17, 15) is 13.2 Å². The minimum absolute atomic E-state index is 0.166. The molecule has 174 valence electrons. The molecule has 0 unspecified atom stereocenters. The zero-order valence-electron chi connectivity index (χ0n) is 18.8. The van der Waals surface area contributed by atoms with Crippen LogP contribution in [-0.2, 0) is 14.8 Å². The highest BCUT2D eigenvalue weighted by atomic mass is 79.9. The van der Waals surface area contributed by atoms with E-state index >= 15 is 0 Å². The average molecular weight is 524 g/mol. The zero-order valence-corrected chi connectivity index (χ0v) is 21.2. The number of quaternary nitrogens is 1. The summed E-state index contributed by atoms with van der Waals surface area (Å²) in [6.07, 6.45) is 3.41. The Balaban J connectivity index is 1.65. The van der Waals surface area contributed by atoms with Crippen molar-refractivity contribution in [2.75, 3.05) is 37.0 Å². The van der Waals surface area contributed by atoms with Gasteiger partial charge in [0.05, 0.1) is 30.2 Å². The number of nitrogens with one attached hydrogen (secondary N) is 2. The number of likely N-dealkylation sites (tertiary alicyclic amines) is 1. The summed E-state index contributed by atoms with van der Waals surface area (Å²) in [6.45, 7) is 7.92. The molecule has 2 aromatic carbocycles. The number of hydrogen-bond acceptors (Lipinski definition) is 3. The number of nitrogens with zero attached hydrogens (tertiary/aromatic N) is 1. The topological polar surface area (TPSA) is 70.9 Å². The Morgan fingerprint density at radius 3 is 2.50 bits per heavy atom. The highest BCUT2D eigenvalue weighted by Crippen LogP contribution is 2.26. The number of amides is 1. The smallest absolute Gasteiger partial charge is 0.264 e. The molecule has 1 heterocycles. The molecule has 0 atom stereocenters. The second-order valence-corrected chi connectivity index (χ2v) is 11.5. The van der Waals surface area contributed by atoms with Gasteiger partial charge in [0.1, 0.15) is 6.54 Å². The average Bonchev–Trinajstić information content (AvgIpc) is 2.76. The molecule has 32 heavy (non-hydrogen) atoms. The number of piperidine rings is 1. The highest BCUT2D eigenvalue weighted by Gasteiger charge is 2.27. The maximum atomic E-state index is 13.4. The summed E-state index contributed by atoms with van der Waals surface area (Å²) in [5.74, 6) is 0.515. The summed E-state index contributed by atoms with van der Waals surface area (Å²) in [7, 11) is -3.89. The van der Waals surface area contributed by atoms with Gasteiger partial charge < -0.3 is 10.2 Å². The number of rotatable bonds is 9. The predicted molar refractivity (Wildman–Crippen MR) is 131 cm³/mol. The van der Waals surface area contributed by atoms with E-state index in [1.807, 2.05) is 13.0 Å². The molecule has 0 bridgehead atoms. The van der Waals surface area contributed by atoms with E-state index in [0.29, 0.717) is 12.2 Å². The fourth-order valence-electron chi connectivity index (χ4n) is 3.96. The van der Waals surface area contributed by atoms with Crippen molar-refractivity contribution in [3.8, 4) is 0 Å². The van der Waals surface area contributed by atoms with E-state index in [4.69, 9.17) is 0 Å². The van der Waals surface area contributed by atoms with Crippen molar-refractivity contribution < 1.29 is 18.1 Å². The van der Waals surface area contributed by atoms with Gasteiger partial charge >= 0.3 is 0 Å². The molecule has 1 saturated heterocycles. The van der Waals surface area contributed by atoms with Crippen molar-refractivity contribution >= 4 is 37.5 Å². The van der Waals surface area contributed by atoms with Crippen LogP contribution >= 0.6 is 15.9 Å². The lowest BCUT2D eigenvalue weighted by Crippen LogP contribution is -3.13. The Labute approximate surface area is 200 Å². The summed E-state index contributed by atoms with van der Waals surface area (Å²) < 4.78 is 28.7. The summed E-state index contributed by atoms with van der Waals surface area (Å²) in [4.78, 5) is 14.5. The normalized spacial score (nSPS) is 18.8. The van der Waals surface area contributed by atoms with Crippen LogP contribution in [0.4, 0.5) is 5.69 Å². The first-order valence-electron chi connectivity index (χ1n) is 11.2. The lowest BCUT2D eigenvalue weighted by molar-refractivity contribution is -0.906. The summed E-state index contributed by atoms with van der Waals surface area (Å²) in [5.41, 5.74) is 1.42. The number of halogens is 1. The molecule has 0 spiro atoms. The van der Waals surface area contributed by atoms with E-state index in [-0.39, 0.29) is 17.3 Å². The lowest BCUT2D eigenvalue weighted by atomic mass is 9.99. The van der Waals surface area contributed by atoms with Crippen LogP contribution in [0.1, 0.15) is 31.7 Å². The Hall–Kier alpha value is -1.90. The molecule has 8 heteroatoms. The molecule has 0 aromatic heterocycles. The van der Waals surface area contributed by atoms with Crippen molar-refractivity contribution in [1.29, 1.82) is 0 Å². The lowest BCUT2D eigenvalue weighted by Gasteiger charge is -2.27. The zero-order chi connectivity index (χ0) is 23.1. The van der Waals surface area contributed by atoms with Crippen LogP contribution in [0, 0.1) is 12.8 Å². The maximum Gasteiger partial charge on any atom is 0.264 e. The fourth-order valence-corrected chi connectivity index (χ4v) is 5.76. The molecule has 1 aliphatic rings. The van der Waals surface area contributed by atoms with E-state index in [1.54, 1.807) is 47.4 Å². The highest BCUT2D eigenvalue weighted by molar-refractivity contribution is 9.10. The molecule has 0 aliphatic carbocycles. The van der Waals surface area contributed by atoms with Crippen LogP contribution < -0.4 is 14.5 Å². The predicted octanol–water partition coefficient (Wildman–Crippen LogP) is 2.77. The number of sulfonamides is 1. The van der Waals surface area contributed by atoms with E-state index in [1.165, 1.54) is 30.2 Å². The molecule has 6 nitrogen and oxygen atoms in total. The van der Waals surface area contributed by atoms with Gasteiger partial charge in [0.2, 0.25) is 5.91 Å². The van der Waals surface area contributed by atoms with Crippen LogP contribution in [0.15, 0.2) is 57.9 Å². The first-order valence-corrected chi connectivity index (χ1v) is 13.4. The minimum atomic E-state index is -3.89. The number of aryl methyl sites for hydroxylation is 1. The van der Waals surface area contributed by atoms with Gasteiger partial charge in [-0.25, -0.2) is 8.42 Å². The molecular formula is C24H33BrN3O3S+. The third-order valence-corrected chi connectivity index (χ3v) is 8.28. The second kappa shape index (κ2) is 11.3. The third kappa shape index (κ3) is 6.80. The summed E-state index contributed by atoms with van der Waals surface area (Å²) in [6, 6.07) is 13.7. The van der Waals surface area contributed by atoms with Crippen molar-refractivity contribution in [1.82, 2.24) is 5.32 Å². The summed E-state index contributed by atoms with van der Waals surface area (Å²) in [5, 5.41) is 2.91. The molecule has 0 saturated carbocycles. The van der Waals surface area contributed by atoms with Crippen LogP contribution in [0.2, 0.25) is 0 Å². The SMILES string of the molecule is Cc1ccc(S(=O)(=O)N(CC(=O)NCCC[NH+]2CCC(C)CC2)c2cccc(Br)c2)cc1. The van der Waals surface area contributed by atoms with E-state index in [2.05, 4.69) is 28.2 Å². The van der Waals surface area contributed by atoms with Gasteiger partial charge in [0, 0.05) is 17.4 Å². The van der Waals surface area contributed by atoms with Crippen LogP contribution in [-0.4, -0.2) is 47.0 Å². The molecule has 1 fully saturated rings. The van der Waals surface area contributed by atoms with Crippen LogP contribution in [0.5, 0.6) is 0 Å². The molecular weight excluding hydrogens is 490 g/mol. The first-order chi connectivity index (χ1) is 15.3. The molecule has 3 rings (SSSR count). The quantitative estimate of drug-likeness (QED) is 0.497. The molecule has 2 aromatic rings. The Morgan fingerprint density at radius 2 is 1.84 bits per heavy atom. The number of anilines is 1. The number of benzene rings is 2. The summed E-state index contributed by atoms with van der Waals surface area (Å²) >= 11 is 3.40. The second-order valence-electron chi connectivity index (χ2n) is 8.69. The van der Waals surface area contributed by atoms with Crippen molar-refractivity contribution in [2.45, 2.75) is 38.0 Å². The molecule has 1 aliphatic heterocycles. The molecule has 0 radical (unpaired) electrons. The van der Waals surface area contributed by atoms with Gasteiger partial charge in [-0.05, 0) is 56.0 Å². The Bertz CT molecular complexity index is 1000. The molecule has 1 amide bonds. The molecule has 2 N–H and O–H groups in total. The minimum Gasteiger partial charge on any atom is -0.354 e. The van der Waals surface area contributed by atoms with Crippen LogP contribution in [0.25, 0.3) is 0 Å². The van der Waals surface area contributed by atoms with E-state index in [0.717, 1.165) is 28.9 Å². The van der Waals surface area contributed by atoms with Gasteiger partial charge in [0.15, 0.2) is 0 Å². The fraction of sp³-hybridized carbons (Fsp3) is 0.458.